The van der Waals surface area contributed by atoms with E-state index in [9.17, 15) is 9.90 Å². The molecule has 25 heavy (non-hydrogen) atoms. The normalized spacial score (nSPS) is 12.9. The van der Waals surface area contributed by atoms with Crippen molar-refractivity contribution >= 4 is 5.91 Å². The third-order valence-corrected chi connectivity index (χ3v) is 4.58. The number of aryl methyl sites for hydroxylation is 1. The number of benzene rings is 1. The Hall–Kier alpha value is -2.14. The molecule has 1 atom stereocenters. The maximum atomic E-state index is 12.6. The summed E-state index contributed by atoms with van der Waals surface area (Å²) in [5, 5.41) is 16.9. The molecule has 136 valence electrons. The van der Waals surface area contributed by atoms with Gasteiger partial charge in [-0.15, -0.1) is 0 Å². The topological polar surface area (TPSA) is 67.2 Å². The molecule has 0 bridgehead atoms. The molecule has 1 aromatic heterocycles. The predicted octanol–water partition coefficient (Wildman–Crippen LogP) is 2.94. The highest BCUT2D eigenvalue weighted by atomic mass is 16.3. The zero-order valence-corrected chi connectivity index (χ0v) is 15.8. The van der Waals surface area contributed by atoms with Gasteiger partial charge in [-0.2, -0.15) is 5.10 Å². The van der Waals surface area contributed by atoms with E-state index in [-0.39, 0.29) is 24.0 Å². The molecule has 0 aliphatic heterocycles. The Balaban J connectivity index is 2.17. The SMILES string of the molecule is Cc1nn(-c2ccccc2)c(C)c1CC(=O)NC(CCO)C(C)(C)C. The Morgan fingerprint density at radius 2 is 1.88 bits per heavy atom. The molecule has 0 radical (unpaired) electrons. The maximum Gasteiger partial charge on any atom is 0.224 e. The summed E-state index contributed by atoms with van der Waals surface area (Å²) in [4.78, 5) is 12.6. The fourth-order valence-corrected chi connectivity index (χ4v) is 3.01. The van der Waals surface area contributed by atoms with Crippen LogP contribution in [0.1, 0.15) is 44.1 Å². The number of aliphatic hydroxyl groups is 1. The molecule has 0 fully saturated rings. The van der Waals surface area contributed by atoms with Crippen molar-refractivity contribution in [1.29, 1.82) is 0 Å². The summed E-state index contributed by atoms with van der Waals surface area (Å²) in [6.07, 6.45) is 0.846. The van der Waals surface area contributed by atoms with E-state index < -0.39 is 0 Å². The van der Waals surface area contributed by atoms with Gasteiger partial charge >= 0.3 is 0 Å². The minimum absolute atomic E-state index is 0.0350. The number of amides is 1. The van der Waals surface area contributed by atoms with Crippen LogP contribution in [0.15, 0.2) is 30.3 Å². The zero-order chi connectivity index (χ0) is 18.6. The van der Waals surface area contributed by atoms with Crippen molar-refractivity contribution < 1.29 is 9.90 Å². The lowest BCUT2D eigenvalue weighted by Gasteiger charge is -2.31. The van der Waals surface area contributed by atoms with Crippen LogP contribution in [0.2, 0.25) is 0 Å². The van der Waals surface area contributed by atoms with E-state index in [0.717, 1.165) is 22.6 Å². The molecule has 1 heterocycles. The lowest BCUT2D eigenvalue weighted by molar-refractivity contribution is -0.122. The number of aliphatic hydroxyl groups excluding tert-OH is 1. The van der Waals surface area contributed by atoms with E-state index in [4.69, 9.17) is 0 Å². The van der Waals surface area contributed by atoms with Crippen LogP contribution in [-0.4, -0.2) is 33.4 Å². The lowest BCUT2D eigenvalue weighted by Crippen LogP contribution is -2.44. The van der Waals surface area contributed by atoms with Gasteiger partial charge < -0.3 is 10.4 Å². The quantitative estimate of drug-likeness (QED) is 0.847. The Kier molecular flexibility index (Phi) is 6.01. The standard InChI is InChI=1S/C20H29N3O2/c1-14-17(13-19(25)21-18(11-12-24)20(3,4)5)15(2)23(22-14)16-9-7-6-8-10-16/h6-10,18,24H,11-13H2,1-5H3,(H,21,25). The van der Waals surface area contributed by atoms with Gasteiger partial charge in [0.15, 0.2) is 0 Å². The van der Waals surface area contributed by atoms with E-state index in [1.165, 1.54) is 0 Å². The first-order valence-electron chi connectivity index (χ1n) is 8.74. The number of aromatic nitrogens is 2. The highest BCUT2D eigenvalue weighted by molar-refractivity contribution is 5.79. The molecule has 1 aromatic carbocycles. The van der Waals surface area contributed by atoms with Gasteiger partial charge in [-0.25, -0.2) is 4.68 Å². The average Bonchev–Trinajstić information content (AvgIpc) is 2.82. The Morgan fingerprint density at radius 1 is 1.24 bits per heavy atom. The van der Waals surface area contributed by atoms with Crippen LogP contribution < -0.4 is 5.32 Å². The first-order valence-corrected chi connectivity index (χ1v) is 8.74. The van der Waals surface area contributed by atoms with Crippen molar-refractivity contribution in [2.24, 2.45) is 5.41 Å². The van der Waals surface area contributed by atoms with Gasteiger partial charge in [0.25, 0.3) is 0 Å². The van der Waals surface area contributed by atoms with Crippen LogP contribution in [0.25, 0.3) is 5.69 Å². The number of nitrogens with one attached hydrogen (secondary N) is 1. The van der Waals surface area contributed by atoms with Crippen molar-refractivity contribution in [3.05, 3.63) is 47.3 Å². The monoisotopic (exact) mass is 343 g/mol. The molecule has 2 aromatic rings. The molecule has 0 aliphatic rings. The highest BCUT2D eigenvalue weighted by Gasteiger charge is 2.26. The number of carbonyl (C=O) groups excluding carboxylic acids is 1. The molecule has 0 aliphatic carbocycles. The summed E-state index contributed by atoms with van der Waals surface area (Å²) < 4.78 is 1.88. The van der Waals surface area contributed by atoms with E-state index in [2.05, 4.69) is 31.2 Å². The molecule has 1 unspecified atom stereocenters. The van der Waals surface area contributed by atoms with Crippen molar-refractivity contribution in [2.75, 3.05) is 6.61 Å². The maximum absolute atomic E-state index is 12.6. The second-order valence-electron chi connectivity index (χ2n) is 7.57. The van der Waals surface area contributed by atoms with Crippen molar-refractivity contribution in [3.8, 4) is 5.69 Å². The van der Waals surface area contributed by atoms with Gasteiger partial charge in [0.2, 0.25) is 5.91 Å². The number of carbonyl (C=O) groups is 1. The zero-order valence-electron chi connectivity index (χ0n) is 15.8. The van der Waals surface area contributed by atoms with E-state index in [0.29, 0.717) is 12.8 Å². The average molecular weight is 343 g/mol. The Labute approximate surface area is 150 Å². The van der Waals surface area contributed by atoms with Crippen molar-refractivity contribution in [3.63, 3.8) is 0 Å². The van der Waals surface area contributed by atoms with Crippen molar-refractivity contribution in [2.45, 2.75) is 53.5 Å². The first kappa shape index (κ1) is 19.2. The summed E-state index contributed by atoms with van der Waals surface area (Å²) in [5.74, 6) is -0.0350. The number of para-hydroxylation sites is 1. The summed E-state index contributed by atoms with van der Waals surface area (Å²) in [6, 6.07) is 9.86. The van der Waals surface area contributed by atoms with Gasteiger partial charge in [-0.3, -0.25) is 4.79 Å². The van der Waals surface area contributed by atoms with Gasteiger partial charge in [-0.05, 0) is 37.8 Å². The lowest BCUT2D eigenvalue weighted by atomic mass is 9.85. The summed E-state index contributed by atoms with van der Waals surface area (Å²) in [7, 11) is 0. The largest absolute Gasteiger partial charge is 0.396 e. The molecule has 2 N–H and O–H groups in total. The van der Waals surface area contributed by atoms with E-state index in [1.807, 2.05) is 48.9 Å². The number of hydrogen-bond acceptors (Lipinski definition) is 3. The molecular formula is C20H29N3O2. The molecule has 0 spiro atoms. The second-order valence-corrected chi connectivity index (χ2v) is 7.57. The van der Waals surface area contributed by atoms with Crippen LogP contribution in [0, 0.1) is 19.3 Å². The number of hydrogen-bond donors (Lipinski definition) is 2. The summed E-state index contributed by atoms with van der Waals surface area (Å²) in [6.45, 7) is 10.2. The molecule has 0 saturated heterocycles. The first-order chi connectivity index (χ1) is 11.7. The number of rotatable bonds is 6. The van der Waals surface area contributed by atoms with Gasteiger partial charge in [0.05, 0.1) is 17.8 Å². The summed E-state index contributed by atoms with van der Waals surface area (Å²) in [5.41, 5.74) is 3.69. The molecule has 5 heteroatoms. The Bertz CT molecular complexity index is 715. The highest BCUT2D eigenvalue weighted by Crippen LogP contribution is 2.23. The smallest absolute Gasteiger partial charge is 0.224 e. The van der Waals surface area contributed by atoms with Crippen molar-refractivity contribution in [1.82, 2.24) is 15.1 Å². The van der Waals surface area contributed by atoms with Gasteiger partial charge in [0, 0.05) is 23.9 Å². The van der Waals surface area contributed by atoms with E-state index in [1.54, 1.807) is 0 Å². The molecule has 2 rings (SSSR count). The molecule has 0 saturated carbocycles. The molecular weight excluding hydrogens is 314 g/mol. The van der Waals surface area contributed by atoms with Crippen LogP contribution >= 0.6 is 0 Å². The number of nitrogens with zero attached hydrogens (tertiary/aromatic N) is 2. The van der Waals surface area contributed by atoms with E-state index >= 15 is 0 Å². The molecule has 5 nitrogen and oxygen atoms in total. The van der Waals surface area contributed by atoms with Crippen LogP contribution in [-0.2, 0) is 11.2 Å². The Morgan fingerprint density at radius 3 is 2.44 bits per heavy atom. The fourth-order valence-electron chi connectivity index (χ4n) is 3.01. The van der Waals surface area contributed by atoms with Crippen LogP contribution in [0.3, 0.4) is 0 Å². The minimum atomic E-state index is -0.100. The van der Waals surface area contributed by atoms with Gasteiger partial charge in [-0.1, -0.05) is 39.0 Å². The minimum Gasteiger partial charge on any atom is -0.396 e. The fraction of sp³-hybridized carbons (Fsp3) is 0.500. The van der Waals surface area contributed by atoms with Crippen LogP contribution in [0.4, 0.5) is 0 Å². The third-order valence-electron chi connectivity index (χ3n) is 4.58. The molecule has 1 amide bonds. The predicted molar refractivity (Wildman–Crippen MR) is 99.8 cm³/mol. The van der Waals surface area contributed by atoms with Gasteiger partial charge in [0.1, 0.15) is 0 Å². The summed E-state index contributed by atoms with van der Waals surface area (Å²) >= 11 is 0. The third kappa shape index (κ3) is 4.69. The van der Waals surface area contributed by atoms with Crippen LogP contribution in [0.5, 0.6) is 0 Å². The second kappa shape index (κ2) is 7.83.